The highest BCUT2D eigenvalue weighted by Gasteiger charge is 2.21. The maximum atomic E-state index is 8.95. The van der Waals surface area contributed by atoms with Crippen molar-refractivity contribution in [2.24, 2.45) is 0 Å². The third-order valence-electron chi connectivity index (χ3n) is 1.40. The molecule has 0 aromatic heterocycles. The Kier molecular flexibility index (Phi) is 1.70. The maximum Gasteiger partial charge on any atom is 0.0665 e. The van der Waals surface area contributed by atoms with E-state index in [0.717, 1.165) is 12.8 Å². The van der Waals surface area contributed by atoms with E-state index < -0.39 is 0 Å². The standard InChI is InChI=1S/C5H9BrO/c6-4-2-1-3-5(4)7/h4-5,7H,1-3H2. The highest BCUT2D eigenvalue weighted by atomic mass is 79.9. The average molecular weight is 165 g/mol. The summed E-state index contributed by atoms with van der Waals surface area (Å²) in [7, 11) is 0. The van der Waals surface area contributed by atoms with Crippen molar-refractivity contribution in [2.45, 2.75) is 30.2 Å². The molecule has 2 atom stereocenters. The fourth-order valence-corrected chi connectivity index (χ4v) is 1.48. The van der Waals surface area contributed by atoms with Gasteiger partial charge in [-0.3, -0.25) is 0 Å². The van der Waals surface area contributed by atoms with Crippen LogP contribution >= 0.6 is 15.9 Å². The van der Waals surface area contributed by atoms with Crippen LogP contribution < -0.4 is 0 Å². The van der Waals surface area contributed by atoms with E-state index in [1.807, 2.05) is 0 Å². The largest absolute Gasteiger partial charge is 0.392 e. The lowest BCUT2D eigenvalue weighted by Crippen LogP contribution is -2.10. The Hall–Kier alpha value is 0.440. The molecular formula is C5H9BrO. The van der Waals surface area contributed by atoms with E-state index in [0.29, 0.717) is 4.83 Å². The van der Waals surface area contributed by atoms with Crippen LogP contribution in [0.25, 0.3) is 0 Å². The molecule has 0 radical (unpaired) electrons. The summed E-state index contributed by atoms with van der Waals surface area (Å²) in [6, 6.07) is 0. The van der Waals surface area contributed by atoms with E-state index in [1.54, 1.807) is 0 Å². The van der Waals surface area contributed by atoms with Crippen LogP contribution in [0.5, 0.6) is 0 Å². The van der Waals surface area contributed by atoms with Crippen molar-refractivity contribution >= 4 is 15.9 Å². The molecule has 1 nitrogen and oxygen atoms in total. The molecular weight excluding hydrogens is 156 g/mol. The van der Waals surface area contributed by atoms with Gasteiger partial charge in [0.15, 0.2) is 0 Å². The molecule has 2 heteroatoms. The SMILES string of the molecule is OC1CCCC1Br. The van der Waals surface area contributed by atoms with Gasteiger partial charge in [0.1, 0.15) is 0 Å². The summed E-state index contributed by atoms with van der Waals surface area (Å²) in [6.07, 6.45) is 3.23. The molecule has 7 heavy (non-hydrogen) atoms. The normalized spacial score (nSPS) is 42.0. The van der Waals surface area contributed by atoms with Crippen LogP contribution in [-0.4, -0.2) is 16.0 Å². The van der Waals surface area contributed by atoms with Gasteiger partial charge in [-0.05, 0) is 19.3 Å². The van der Waals surface area contributed by atoms with Gasteiger partial charge in [0.25, 0.3) is 0 Å². The van der Waals surface area contributed by atoms with Crippen molar-refractivity contribution in [3.63, 3.8) is 0 Å². The Balaban J connectivity index is 2.33. The van der Waals surface area contributed by atoms with Crippen molar-refractivity contribution in [3.8, 4) is 0 Å². The van der Waals surface area contributed by atoms with E-state index in [1.165, 1.54) is 6.42 Å². The monoisotopic (exact) mass is 164 g/mol. The van der Waals surface area contributed by atoms with Gasteiger partial charge in [-0.25, -0.2) is 0 Å². The second-order valence-corrected chi connectivity index (χ2v) is 3.19. The van der Waals surface area contributed by atoms with Crippen molar-refractivity contribution in [3.05, 3.63) is 0 Å². The molecule has 1 fully saturated rings. The van der Waals surface area contributed by atoms with Crippen LogP contribution in [0.15, 0.2) is 0 Å². The molecule has 0 bridgehead atoms. The van der Waals surface area contributed by atoms with Crippen molar-refractivity contribution in [1.82, 2.24) is 0 Å². The average Bonchev–Trinajstić information content (AvgIpc) is 1.91. The van der Waals surface area contributed by atoms with E-state index in [9.17, 15) is 0 Å². The summed E-state index contributed by atoms with van der Waals surface area (Å²) in [6.45, 7) is 0. The molecule has 1 N–H and O–H groups in total. The molecule has 1 aliphatic carbocycles. The fourth-order valence-electron chi connectivity index (χ4n) is 0.895. The number of alkyl halides is 1. The Labute approximate surface area is 51.9 Å². The smallest absolute Gasteiger partial charge is 0.0665 e. The van der Waals surface area contributed by atoms with Gasteiger partial charge in [0, 0.05) is 4.83 Å². The third kappa shape index (κ3) is 1.16. The van der Waals surface area contributed by atoms with Gasteiger partial charge in [0.2, 0.25) is 0 Å². The highest BCUT2D eigenvalue weighted by molar-refractivity contribution is 9.09. The first kappa shape index (κ1) is 5.57. The van der Waals surface area contributed by atoms with Crippen molar-refractivity contribution in [1.29, 1.82) is 0 Å². The summed E-state index contributed by atoms with van der Waals surface area (Å²) in [4.78, 5) is 0.382. The Morgan fingerprint density at radius 1 is 1.43 bits per heavy atom. The number of halogens is 1. The fraction of sp³-hybridized carbons (Fsp3) is 1.00. The van der Waals surface area contributed by atoms with Gasteiger partial charge in [-0.15, -0.1) is 0 Å². The summed E-state index contributed by atoms with van der Waals surface area (Å²) in [5.74, 6) is 0. The predicted octanol–water partition coefficient (Wildman–Crippen LogP) is 1.29. The van der Waals surface area contributed by atoms with Crippen LogP contribution in [0, 0.1) is 0 Å². The lowest BCUT2D eigenvalue weighted by atomic mass is 10.3. The third-order valence-corrected chi connectivity index (χ3v) is 2.47. The first-order valence-corrected chi connectivity index (χ1v) is 3.54. The Bertz CT molecular complexity index is 57.1. The number of hydrogen-bond acceptors (Lipinski definition) is 1. The molecule has 0 aromatic carbocycles. The Morgan fingerprint density at radius 2 is 2.14 bits per heavy atom. The summed E-state index contributed by atoms with van der Waals surface area (Å²) in [5, 5.41) is 8.95. The van der Waals surface area contributed by atoms with Crippen LogP contribution in [0.4, 0.5) is 0 Å². The maximum absolute atomic E-state index is 8.95. The Morgan fingerprint density at radius 3 is 2.29 bits per heavy atom. The molecule has 0 aliphatic heterocycles. The van der Waals surface area contributed by atoms with Crippen LogP contribution in [0.2, 0.25) is 0 Å². The highest BCUT2D eigenvalue weighted by Crippen LogP contribution is 2.24. The zero-order valence-electron chi connectivity index (χ0n) is 4.10. The van der Waals surface area contributed by atoms with Gasteiger partial charge < -0.3 is 5.11 Å². The molecule has 1 saturated carbocycles. The van der Waals surface area contributed by atoms with Gasteiger partial charge in [0.05, 0.1) is 6.10 Å². The number of aliphatic hydroxyl groups is 1. The lowest BCUT2D eigenvalue weighted by Gasteiger charge is -2.02. The minimum absolute atomic E-state index is 0.0694. The zero-order chi connectivity index (χ0) is 5.28. The lowest BCUT2D eigenvalue weighted by molar-refractivity contribution is 0.189. The number of hydrogen-bond donors (Lipinski definition) is 1. The second-order valence-electron chi connectivity index (χ2n) is 2.01. The predicted molar refractivity (Wildman–Crippen MR) is 32.6 cm³/mol. The summed E-state index contributed by atoms with van der Waals surface area (Å²) >= 11 is 3.35. The molecule has 0 aromatic rings. The van der Waals surface area contributed by atoms with Crippen LogP contribution in [0.3, 0.4) is 0 Å². The van der Waals surface area contributed by atoms with Gasteiger partial charge in [-0.1, -0.05) is 15.9 Å². The minimum Gasteiger partial charge on any atom is -0.392 e. The minimum atomic E-state index is -0.0694. The van der Waals surface area contributed by atoms with Crippen molar-refractivity contribution < 1.29 is 5.11 Å². The van der Waals surface area contributed by atoms with E-state index in [2.05, 4.69) is 15.9 Å². The van der Waals surface area contributed by atoms with Crippen LogP contribution in [-0.2, 0) is 0 Å². The molecule has 42 valence electrons. The first-order valence-electron chi connectivity index (χ1n) is 2.63. The quantitative estimate of drug-likeness (QED) is 0.536. The molecule has 1 aliphatic rings. The summed E-state index contributed by atoms with van der Waals surface area (Å²) in [5.41, 5.74) is 0. The van der Waals surface area contributed by atoms with Gasteiger partial charge in [-0.2, -0.15) is 0 Å². The van der Waals surface area contributed by atoms with E-state index in [4.69, 9.17) is 5.11 Å². The molecule has 0 saturated heterocycles. The molecule has 0 amide bonds. The molecule has 0 heterocycles. The van der Waals surface area contributed by atoms with Crippen molar-refractivity contribution in [2.75, 3.05) is 0 Å². The number of rotatable bonds is 0. The molecule has 1 rings (SSSR count). The molecule has 2 unspecified atom stereocenters. The second kappa shape index (κ2) is 2.14. The first-order chi connectivity index (χ1) is 3.30. The van der Waals surface area contributed by atoms with E-state index >= 15 is 0 Å². The zero-order valence-corrected chi connectivity index (χ0v) is 5.69. The van der Waals surface area contributed by atoms with E-state index in [-0.39, 0.29) is 6.10 Å². The van der Waals surface area contributed by atoms with Crippen LogP contribution in [0.1, 0.15) is 19.3 Å². The van der Waals surface area contributed by atoms with Gasteiger partial charge >= 0.3 is 0 Å². The summed E-state index contributed by atoms with van der Waals surface area (Å²) < 4.78 is 0. The topological polar surface area (TPSA) is 20.2 Å². The molecule has 0 spiro atoms. The number of aliphatic hydroxyl groups excluding tert-OH is 1.